The van der Waals surface area contributed by atoms with Crippen LogP contribution in [-0.4, -0.2) is 6.67 Å². The van der Waals surface area contributed by atoms with Crippen molar-refractivity contribution in [3.63, 3.8) is 0 Å². The first-order valence-electron chi connectivity index (χ1n) is 7.59. The van der Waals surface area contributed by atoms with Gasteiger partial charge in [-0.25, -0.2) is 0 Å². The second kappa shape index (κ2) is 5.23. The summed E-state index contributed by atoms with van der Waals surface area (Å²) in [6, 6.07) is 27.7. The molecule has 0 atom stereocenters. The lowest BCUT2D eigenvalue weighted by molar-refractivity contribution is 0.986. The third kappa shape index (κ3) is 2.04. The summed E-state index contributed by atoms with van der Waals surface area (Å²) in [4.78, 5) is 4.75. The molecule has 0 amide bonds. The van der Waals surface area contributed by atoms with Crippen molar-refractivity contribution in [3.05, 3.63) is 84.4 Å². The van der Waals surface area contributed by atoms with Gasteiger partial charge in [-0.15, -0.1) is 0 Å². The van der Waals surface area contributed by atoms with Gasteiger partial charge in [-0.05, 0) is 42.8 Å². The highest BCUT2D eigenvalue weighted by Gasteiger charge is 2.27. The van der Waals surface area contributed by atoms with Crippen molar-refractivity contribution in [1.29, 1.82) is 0 Å². The summed E-state index contributed by atoms with van der Waals surface area (Å²) in [6.45, 7) is 3.01. The van der Waals surface area contributed by atoms with Gasteiger partial charge in [-0.3, -0.25) is 0 Å². The fraction of sp³-hybridized carbons (Fsp3) is 0.100. The van der Waals surface area contributed by atoms with E-state index in [2.05, 4.69) is 95.6 Å². The van der Waals surface area contributed by atoms with Crippen LogP contribution in [0.2, 0.25) is 0 Å². The number of hydrogen-bond acceptors (Lipinski definition) is 2. The quantitative estimate of drug-likeness (QED) is 0.635. The fourth-order valence-corrected chi connectivity index (χ4v) is 3.12. The van der Waals surface area contributed by atoms with Gasteiger partial charge in [-0.2, -0.15) is 0 Å². The Kier molecular flexibility index (Phi) is 3.08. The first-order chi connectivity index (χ1) is 10.8. The molecule has 108 valence electrons. The van der Waals surface area contributed by atoms with Gasteiger partial charge in [0.2, 0.25) is 0 Å². The average Bonchev–Trinajstić information content (AvgIpc) is 2.96. The molecular weight excluding hydrogens is 268 g/mol. The minimum atomic E-state index is 0.841. The highest BCUT2D eigenvalue weighted by molar-refractivity contribution is 5.87. The number of anilines is 4. The van der Waals surface area contributed by atoms with Gasteiger partial charge in [-0.1, -0.05) is 48.5 Å². The molecule has 0 spiro atoms. The molecular formula is C20H18N2. The molecule has 22 heavy (non-hydrogen) atoms. The van der Waals surface area contributed by atoms with E-state index in [9.17, 15) is 0 Å². The molecule has 0 unspecified atom stereocenters. The number of fused-ring (bicyclic) bond motifs is 1. The van der Waals surface area contributed by atoms with Crippen molar-refractivity contribution in [1.82, 2.24) is 0 Å². The number of para-hydroxylation sites is 4. The fourth-order valence-electron chi connectivity index (χ4n) is 3.12. The van der Waals surface area contributed by atoms with Crippen LogP contribution in [0.15, 0.2) is 78.9 Å². The van der Waals surface area contributed by atoms with Gasteiger partial charge < -0.3 is 9.80 Å². The smallest absolute Gasteiger partial charge is 0.100 e. The van der Waals surface area contributed by atoms with E-state index in [0.717, 1.165) is 6.67 Å². The highest BCUT2D eigenvalue weighted by atomic mass is 15.4. The van der Waals surface area contributed by atoms with Crippen molar-refractivity contribution in [3.8, 4) is 0 Å². The Balaban J connectivity index is 1.83. The molecule has 0 radical (unpaired) electrons. The molecule has 1 heterocycles. The van der Waals surface area contributed by atoms with Crippen molar-refractivity contribution >= 4 is 22.7 Å². The summed E-state index contributed by atoms with van der Waals surface area (Å²) in [5.74, 6) is 0. The Morgan fingerprint density at radius 3 is 1.82 bits per heavy atom. The summed E-state index contributed by atoms with van der Waals surface area (Å²) in [5.41, 5.74) is 6.32. The largest absolute Gasteiger partial charge is 0.321 e. The molecule has 2 nitrogen and oxygen atoms in total. The second-order valence-corrected chi connectivity index (χ2v) is 5.61. The van der Waals surface area contributed by atoms with Crippen molar-refractivity contribution in [2.75, 3.05) is 16.5 Å². The molecule has 3 aromatic rings. The monoisotopic (exact) mass is 286 g/mol. The van der Waals surface area contributed by atoms with Crippen LogP contribution in [0.4, 0.5) is 22.7 Å². The number of rotatable bonds is 2. The summed E-state index contributed by atoms with van der Waals surface area (Å²) < 4.78 is 0. The minimum Gasteiger partial charge on any atom is -0.321 e. The molecule has 4 rings (SSSR count). The topological polar surface area (TPSA) is 6.48 Å². The molecule has 2 heteroatoms. The van der Waals surface area contributed by atoms with E-state index in [1.54, 1.807) is 0 Å². The predicted octanol–water partition coefficient (Wildman–Crippen LogP) is 5.24. The lowest BCUT2D eigenvalue weighted by atomic mass is 10.1. The zero-order valence-corrected chi connectivity index (χ0v) is 12.6. The normalized spacial score (nSPS) is 13.3. The van der Waals surface area contributed by atoms with E-state index in [0.29, 0.717) is 0 Å². The lowest BCUT2D eigenvalue weighted by Gasteiger charge is -2.23. The Morgan fingerprint density at radius 2 is 1.14 bits per heavy atom. The predicted molar refractivity (Wildman–Crippen MR) is 93.2 cm³/mol. The Labute approximate surface area is 131 Å². The number of aryl methyl sites for hydroxylation is 1. The average molecular weight is 286 g/mol. The molecule has 0 aliphatic carbocycles. The van der Waals surface area contributed by atoms with Crippen molar-refractivity contribution in [2.45, 2.75) is 6.92 Å². The molecule has 3 aromatic carbocycles. The van der Waals surface area contributed by atoms with Crippen LogP contribution >= 0.6 is 0 Å². The summed E-state index contributed by atoms with van der Waals surface area (Å²) in [7, 11) is 0. The van der Waals surface area contributed by atoms with Crippen molar-refractivity contribution in [2.24, 2.45) is 0 Å². The number of hydrogen-bond donors (Lipinski definition) is 0. The third-order valence-corrected chi connectivity index (χ3v) is 4.22. The SMILES string of the molecule is Cc1ccccc1N1CN(c2ccccc2)c2ccccc21. The molecule has 1 aliphatic heterocycles. The first-order valence-corrected chi connectivity index (χ1v) is 7.59. The summed E-state index contributed by atoms with van der Waals surface area (Å²) in [6.07, 6.45) is 0. The van der Waals surface area contributed by atoms with Gasteiger partial charge in [0, 0.05) is 11.4 Å². The van der Waals surface area contributed by atoms with Gasteiger partial charge in [0.15, 0.2) is 0 Å². The van der Waals surface area contributed by atoms with E-state index < -0.39 is 0 Å². The second-order valence-electron chi connectivity index (χ2n) is 5.61. The first kappa shape index (κ1) is 13.0. The van der Waals surface area contributed by atoms with E-state index in [1.165, 1.54) is 28.3 Å². The van der Waals surface area contributed by atoms with Crippen LogP contribution in [0.3, 0.4) is 0 Å². The van der Waals surface area contributed by atoms with Crippen molar-refractivity contribution < 1.29 is 0 Å². The van der Waals surface area contributed by atoms with Gasteiger partial charge >= 0.3 is 0 Å². The van der Waals surface area contributed by atoms with Crippen LogP contribution in [0.25, 0.3) is 0 Å². The number of nitrogens with zero attached hydrogens (tertiary/aromatic N) is 2. The Morgan fingerprint density at radius 1 is 0.591 bits per heavy atom. The van der Waals surface area contributed by atoms with Crippen LogP contribution < -0.4 is 9.80 Å². The zero-order valence-electron chi connectivity index (χ0n) is 12.6. The van der Waals surface area contributed by atoms with Crippen LogP contribution in [-0.2, 0) is 0 Å². The van der Waals surface area contributed by atoms with E-state index in [4.69, 9.17) is 0 Å². The van der Waals surface area contributed by atoms with Crippen LogP contribution in [0, 0.1) is 6.92 Å². The summed E-state index contributed by atoms with van der Waals surface area (Å²) >= 11 is 0. The maximum Gasteiger partial charge on any atom is 0.100 e. The van der Waals surface area contributed by atoms with Crippen LogP contribution in [0.5, 0.6) is 0 Å². The van der Waals surface area contributed by atoms with Crippen LogP contribution in [0.1, 0.15) is 5.56 Å². The maximum absolute atomic E-state index is 2.39. The van der Waals surface area contributed by atoms with E-state index >= 15 is 0 Å². The minimum absolute atomic E-state index is 0.841. The maximum atomic E-state index is 2.39. The summed E-state index contributed by atoms with van der Waals surface area (Å²) in [5, 5.41) is 0. The number of benzene rings is 3. The Bertz CT molecular complexity index is 796. The lowest BCUT2D eigenvalue weighted by Crippen LogP contribution is -2.24. The van der Waals surface area contributed by atoms with E-state index in [-0.39, 0.29) is 0 Å². The Hall–Kier alpha value is -2.74. The third-order valence-electron chi connectivity index (χ3n) is 4.22. The molecule has 0 saturated carbocycles. The zero-order chi connectivity index (χ0) is 14.9. The van der Waals surface area contributed by atoms with Gasteiger partial charge in [0.25, 0.3) is 0 Å². The van der Waals surface area contributed by atoms with E-state index in [1.807, 2.05) is 0 Å². The molecule has 0 saturated heterocycles. The molecule has 0 bridgehead atoms. The van der Waals surface area contributed by atoms with Gasteiger partial charge in [0.05, 0.1) is 11.4 Å². The molecule has 0 fully saturated rings. The molecule has 0 aromatic heterocycles. The molecule has 0 N–H and O–H groups in total. The van der Waals surface area contributed by atoms with Gasteiger partial charge in [0.1, 0.15) is 6.67 Å². The standard InChI is InChI=1S/C20H18N2/c1-16-9-5-6-12-18(16)22-15-21(17-10-3-2-4-11-17)19-13-7-8-14-20(19)22/h2-14H,15H2,1H3. The highest BCUT2D eigenvalue weighted by Crippen LogP contribution is 2.44. The molecule has 1 aliphatic rings.